The molecule has 2 aromatic carbocycles. The monoisotopic (exact) mass is 310 g/mol. The molecule has 0 saturated heterocycles. The zero-order valence-electron chi connectivity index (χ0n) is 13.1. The number of carbonyl (C=O) groups is 1. The van der Waals surface area contributed by atoms with E-state index in [1.165, 1.54) is 5.56 Å². The van der Waals surface area contributed by atoms with E-state index < -0.39 is 0 Å². The molecule has 0 saturated carbocycles. The van der Waals surface area contributed by atoms with Gasteiger partial charge in [-0.05, 0) is 17.7 Å². The highest BCUT2D eigenvalue weighted by molar-refractivity contribution is 5.92. The fraction of sp³-hybridized carbons (Fsp3) is 0.211. The molecule has 0 heterocycles. The topological polar surface area (TPSA) is 50.4 Å². The van der Waals surface area contributed by atoms with Gasteiger partial charge in [0.05, 0.1) is 13.2 Å². The van der Waals surface area contributed by atoms with Crippen molar-refractivity contribution in [3.8, 4) is 5.75 Å². The summed E-state index contributed by atoms with van der Waals surface area (Å²) in [6.45, 7) is 5.05. The van der Waals surface area contributed by atoms with E-state index in [9.17, 15) is 4.79 Å². The minimum Gasteiger partial charge on any atom is -0.493 e. The second-order valence-electron chi connectivity index (χ2n) is 5.08. The third-order valence-corrected chi connectivity index (χ3v) is 3.19. The summed E-state index contributed by atoms with van der Waals surface area (Å²) in [7, 11) is 0. The van der Waals surface area contributed by atoms with Gasteiger partial charge in [-0.3, -0.25) is 4.79 Å². The van der Waals surface area contributed by atoms with Crippen LogP contribution in [0.3, 0.4) is 0 Å². The van der Waals surface area contributed by atoms with Crippen molar-refractivity contribution in [2.45, 2.75) is 6.42 Å². The lowest BCUT2D eigenvalue weighted by Crippen LogP contribution is -2.28. The molecule has 120 valence electrons. The van der Waals surface area contributed by atoms with Gasteiger partial charge in [-0.2, -0.15) is 0 Å². The van der Waals surface area contributed by atoms with E-state index >= 15 is 0 Å². The van der Waals surface area contributed by atoms with Crippen LogP contribution < -0.4 is 15.4 Å². The van der Waals surface area contributed by atoms with Crippen LogP contribution >= 0.6 is 0 Å². The summed E-state index contributed by atoms with van der Waals surface area (Å²) in [5, 5.41) is 5.79. The van der Waals surface area contributed by atoms with Crippen LogP contribution in [0.5, 0.6) is 5.75 Å². The number of nitrogens with one attached hydrogen (secondary N) is 2. The lowest BCUT2D eigenvalue weighted by atomic mass is 10.2. The van der Waals surface area contributed by atoms with E-state index in [1.807, 2.05) is 42.5 Å². The predicted octanol–water partition coefficient (Wildman–Crippen LogP) is 3.02. The molecule has 0 unspecified atom stereocenters. The van der Waals surface area contributed by atoms with Crippen molar-refractivity contribution in [2.24, 2.45) is 0 Å². The van der Waals surface area contributed by atoms with Crippen molar-refractivity contribution in [1.82, 2.24) is 5.32 Å². The Bertz CT molecular complexity index is 626. The third-order valence-electron chi connectivity index (χ3n) is 3.19. The number of benzene rings is 2. The molecule has 23 heavy (non-hydrogen) atoms. The molecule has 0 spiro atoms. The molecule has 2 N–H and O–H groups in total. The van der Waals surface area contributed by atoms with Crippen molar-refractivity contribution in [1.29, 1.82) is 0 Å². The van der Waals surface area contributed by atoms with Crippen LogP contribution in [0.1, 0.15) is 5.56 Å². The molecule has 2 rings (SSSR count). The molecule has 4 heteroatoms. The van der Waals surface area contributed by atoms with E-state index in [1.54, 1.807) is 6.08 Å². The van der Waals surface area contributed by atoms with Gasteiger partial charge < -0.3 is 15.4 Å². The van der Waals surface area contributed by atoms with Crippen LogP contribution in [0.15, 0.2) is 67.3 Å². The smallest absolute Gasteiger partial charge is 0.238 e. The highest BCUT2D eigenvalue weighted by Gasteiger charge is 2.03. The van der Waals surface area contributed by atoms with Gasteiger partial charge in [0.1, 0.15) is 5.75 Å². The molecule has 2 aromatic rings. The number of rotatable bonds is 9. The maximum absolute atomic E-state index is 11.7. The molecular formula is C19H22N2O2. The Morgan fingerprint density at radius 1 is 1.13 bits per heavy atom. The van der Waals surface area contributed by atoms with Gasteiger partial charge >= 0.3 is 0 Å². The Morgan fingerprint density at radius 3 is 2.74 bits per heavy atom. The van der Waals surface area contributed by atoms with E-state index in [2.05, 4.69) is 29.3 Å². The summed E-state index contributed by atoms with van der Waals surface area (Å²) in [6, 6.07) is 17.6. The van der Waals surface area contributed by atoms with Crippen LogP contribution in [-0.2, 0) is 11.2 Å². The fourth-order valence-electron chi connectivity index (χ4n) is 2.09. The normalized spacial score (nSPS) is 10.1. The lowest BCUT2D eigenvalue weighted by molar-refractivity contribution is -0.115. The van der Waals surface area contributed by atoms with Crippen LogP contribution in [0.25, 0.3) is 0 Å². The van der Waals surface area contributed by atoms with Gasteiger partial charge in [0.15, 0.2) is 0 Å². The molecule has 0 radical (unpaired) electrons. The van der Waals surface area contributed by atoms with E-state index in [-0.39, 0.29) is 12.5 Å². The number of amides is 1. The van der Waals surface area contributed by atoms with Crippen molar-refractivity contribution in [3.63, 3.8) is 0 Å². The van der Waals surface area contributed by atoms with E-state index in [4.69, 9.17) is 4.74 Å². The first-order chi connectivity index (χ1) is 11.3. The molecule has 4 nitrogen and oxygen atoms in total. The van der Waals surface area contributed by atoms with Gasteiger partial charge in [0.2, 0.25) is 5.91 Å². The second kappa shape index (κ2) is 9.43. The zero-order valence-corrected chi connectivity index (χ0v) is 13.1. The molecule has 0 fully saturated rings. The molecule has 0 aliphatic rings. The summed E-state index contributed by atoms with van der Waals surface area (Å²) in [4.78, 5) is 11.7. The molecule has 0 aromatic heterocycles. The second-order valence-corrected chi connectivity index (χ2v) is 5.08. The number of hydrogen-bond donors (Lipinski definition) is 2. The zero-order chi connectivity index (χ0) is 16.3. The largest absolute Gasteiger partial charge is 0.493 e. The van der Waals surface area contributed by atoms with Gasteiger partial charge in [0.25, 0.3) is 0 Å². The first kappa shape index (κ1) is 16.8. The maximum atomic E-state index is 11.7. The van der Waals surface area contributed by atoms with E-state index in [0.29, 0.717) is 13.2 Å². The highest BCUT2D eigenvalue weighted by Crippen LogP contribution is 2.17. The Balaban J connectivity index is 1.79. The Morgan fingerprint density at radius 2 is 1.96 bits per heavy atom. The number of ether oxygens (including phenoxy) is 1. The van der Waals surface area contributed by atoms with Crippen molar-refractivity contribution < 1.29 is 9.53 Å². The maximum Gasteiger partial charge on any atom is 0.238 e. The summed E-state index contributed by atoms with van der Waals surface area (Å²) in [5.74, 6) is 0.658. The van der Waals surface area contributed by atoms with Crippen LogP contribution in [0, 0.1) is 0 Å². The van der Waals surface area contributed by atoms with E-state index in [0.717, 1.165) is 17.9 Å². The molecule has 0 aliphatic heterocycles. The van der Waals surface area contributed by atoms with Crippen LogP contribution in [-0.4, -0.2) is 25.6 Å². The molecule has 0 aliphatic carbocycles. The summed E-state index contributed by atoms with van der Waals surface area (Å²) < 4.78 is 5.75. The van der Waals surface area contributed by atoms with Gasteiger partial charge in [0, 0.05) is 24.7 Å². The minimum atomic E-state index is -0.0896. The van der Waals surface area contributed by atoms with Crippen molar-refractivity contribution >= 4 is 11.6 Å². The number of hydrogen-bond acceptors (Lipinski definition) is 3. The summed E-state index contributed by atoms with van der Waals surface area (Å²) in [5.41, 5.74) is 1.97. The SMILES string of the molecule is C=CCNCC(=O)Nc1cccc(OCCc2ccccc2)c1. The third kappa shape index (κ3) is 6.36. The quantitative estimate of drug-likeness (QED) is 0.553. The van der Waals surface area contributed by atoms with Crippen molar-refractivity contribution in [3.05, 3.63) is 72.8 Å². The Kier molecular flexibility index (Phi) is 6.88. The van der Waals surface area contributed by atoms with Crippen LogP contribution in [0.4, 0.5) is 5.69 Å². The van der Waals surface area contributed by atoms with Crippen molar-refractivity contribution in [2.75, 3.05) is 25.0 Å². The Labute approximate surface area is 137 Å². The van der Waals surface area contributed by atoms with Gasteiger partial charge in [-0.15, -0.1) is 6.58 Å². The number of anilines is 1. The van der Waals surface area contributed by atoms with Gasteiger partial charge in [-0.1, -0.05) is 42.5 Å². The average molecular weight is 310 g/mol. The average Bonchev–Trinajstić information content (AvgIpc) is 2.56. The Hall–Kier alpha value is -2.59. The molecule has 0 bridgehead atoms. The first-order valence-corrected chi connectivity index (χ1v) is 7.66. The molecular weight excluding hydrogens is 288 g/mol. The fourth-order valence-corrected chi connectivity index (χ4v) is 2.09. The summed E-state index contributed by atoms with van der Waals surface area (Å²) >= 11 is 0. The molecule has 0 atom stereocenters. The molecule has 1 amide bonds. The van der Waals surface area contributed by atoms with Crippen LogP contribution in [0.2, 0.25) is 0 Å². The standard InChI is InChI=1S/C19H22N2O2/c1-2-12-20-15-19(22)21-17-9-6-10-18(14-17)23-13-11-16-7-4-3-5-8-16/h2-10,14,20H,1,11-13,15H2,(H,21,22). The predicted molar refractivity (Wildman–Crippen MR) is 93.8 cm³/mol. The lowest BCUT2D eigenvalue weighted by Gasteiger charge is -2.09. The highest BCUT2D eigenvalue weighted by atomic mass is 16.5. The summed E-state index contributed by atoms with van der Waals surface area (Å²) in [6.07, 6.45) is 2.57. The first-order valence-electron chi connectivity index (χ1n) is 7.66. The minimum absolute atomic E-state index is 0.0896. The number of carbonyl (C=O) groups excluding carboxylic acids is 1. The van der Waals surface area contributed by atoms with Gasteiger partial charge in [-0.25, -0.2) is 0 Å².